The van der Waals surface area contributed by atoms with Crippen LogP contribution < -0.4 is 4.90 Å². The summed E-state index contributed by atoms with van der Waals surface area (Å²) in [6.07, 6.45) is 5.40. The van der Waals surface area contributed by atoms with E-state index in [0.717, 1.165) is 17.7 Å². The number of pyridine rings is 1. The van der Waals surface area contributed by atoms with Gasteiger partial charge >= 0.3 is 0 Å². The van der Waals surface area contributed by atoms with Crippen LogP contribution in [0.4, 0.5) is 10.1 Å². The molecule has 2 aromatic rings. The Labute approximate surface area is 145 Å². The van der Waals surface area contributed by atoms with Crippen LogP contribution in [0.15, 0.2) is 60.1 Å². The number of anilines is 1. The molecule has 1 unspecified atom stereocenters. The second-order valence-corrected chi connectivity index (χ2v) is 6.39. The van der Waals surface area contributed by atoms with Crippen LogP contribution in [-0.4, -0.2) is 16.7 Å². The zero-order chi connectivity index (χ0) is 17.4. The van der Waals surface area contributed by atoms with Gasteiger partial charge in [0.2, 0.25) is 5.91 Å². The molecule has 2 aliphatic rings. The lowest BCUT2D eigenvalue weighted by molar-refractivity contribution is -0.119. The number of aromatic nitrogens is 1. The summed E-state index contributed by atoms with van der Waals surface area (Å²) in [5.41, 5.74) is 2.96. The summed E-state index contributed by atoms with van der Waals surface area (Å²) in [6, 6.07) is 9.69. The number of carbonyl (C=O) groups excluding carboxylic acids is 2. The van der Waals surface area contributed by atoms with E-state index < -0.39 is 0 Å². The molecule has 1 aromatic carbocycles. The van der Waals surface area contributed by atoms with Gasteiger partial charge in [-0.3, -0.25) is 19.5 Å². The lowest BCUT2D eigenvalue weighted by Crippen LogP contribution is -2.40. The number of carbonyl (C=O) groups is 2. The summed E-state index contributed by atoms with van der Waals surface area (Å²) in [5, 5.41) is 0. The first-order valence-corrected chi connectivity index (χ1v) is 8.40. The molecule has 0 fully saturated rings. The smallest absolute Gasteiger partial charge is 0.232 e. The van der Waals surface area contributed by atoms with E-state index in [1.807, 2.05) is 6.07 Å². The molecule has 5 heteroatoms. The molecule has 4 rings (SSSR count). The summed E-state index contributed by atoms with van der Waals surface area (Å²) in [6.45, 7) is 0. The Balaban J connectivity index is 1.85. The third-order valence-electron chi connectivity index (χ3n) is 4.85. The van der Waals surface area contributed by atoms with Crippen LogP contribution in [0.1, 0.15) is 37.2 Å². The van der Waals surface area contributed by atoms with Crippen LogP contribution in [0.5, 0.6) is 0 Å². The van der Waals surface area contributed by atoms with Gasteiger partial charge < -0.3 is 0 Å². The van der Waals surface area contributed by atoms with Crippen molar-refractivity contribution in [2.45, 2.75) is 31.6 Å². The zero-order valence-corrected chi connectivity index (χ0v) is 13.6. The Morgan fingerprint density at radius 1 is 1.08 bits per heavy atom. The number of amides is 1. The van der Waals surface area contributed by atoms with E-state index in [1.54, 1.807) is 35.5 Å². The fourth-order valence-corrected chi connectivity index (χ4v) is 3.76. The van der Waals surface area contributed by atoms with E-state index in [1.165, 1.54) is 12.1 Å². The highest BCUT2D eigenvalue weighted by atomic mass is 19.1. The molecule has 0 saturated carbocycles. The van der Waals surface area contributed by atoms with Crippen LogP contribution in [0.2, 0.25) is 0 Å². The van der Waals surface area contributed by atoms with E-state index in [2.05, 4.69) is 4.98 Å². The second kappa shape index (κ2) is 6.24. The maximum Gasteiger partial charge on any atom is 0.232 e. The van der Waals surface area contributed by atoms with Gasteiger partial charge in [0.15, 0.2) is 5.78 Å². The van der Waals surface area contributed by atoms with Gasteiger partial charge in [0.05, 0.1) is 11.9 Å². The molecule has 1 aliphatic carbocycles. The lowest BCUT2D eigenvalue weighted by atomic mass is 9.77. The summed E-state index contributed by atoms with van der Waals surface area (Å²) < 4.78 is 13.3. The summed E-state index contributed by atoms with van der Waals surface area (Å²) in [5.74, 6) is -0.608. The number of halogens is 1. The number of benzene rings is 1. The van der Waals surface area contributed by atoms with E-state index in [-0.39, 0.29) is 29.8 Å². The number of hydrogen-bond donors (Lipinski definition) is 0. The lowest BCUT2D eigenvalue weighted by Gasteiger charge is -2.38. The summed E-state index contributed by atoms with van der Waals surface area (Å²) in [7, 11) is 0. The SMILES string of the molecule is O=C1CCCC2=C1C(c1ccc(F)cc1)CC(=O)N2c1cccnc1. The summed E-state index contributed by atoms with van der Waals surface area (Å²) in [4.78, 5) is 31.3. The van der Waals surface area contributed by atoms with Crippen molar-refractivity contribution in [2.24, 2.45) is 0 Å². The van der Waals surface area contributed by atoms with E-state index in [0.29, 0.717) is 24.1 Å². The molecule has 2 heterocycles. The van der Waals surface area contributed by atoms with Gasteiger partial charge in [0.1, 0.15) is 5.82 Å². The number of Topliss-reactive ketones (excluding diaryl/α,β-unsaturated/α-hetero) is 1. The van der Waals surface area contributed by atoms with Crippen molar-refractivity contribution in [1.29, 1.82) is 0 Å². The van der Waals surface area contributed by atoms with Crippen molar-refractivity contribution < 1.29 is 14.0 Å². The number of ketones is 1. The first-order valence-electron chi connectivity index (χ1n) is 8.40. The molecule has 1 amide bonds. The van der Waals surface area contributed by atoms with Crippen molar-refractivity contribution in [3.05, 3.63) is 71.4 Å². The van der Waals surface area contributed by atoms with Gasteiger partial charge in [0, 0.05) is 36.2 Å². The third-order valence-corrected chi connectivity index (χ3v) is 4.85. The molecule has 1 aromatic heterocycles. The zero-order valence-electron chi connectivity index (χ0n) is 13.6. The van der Waals surface area contributed by atoms with Gasteiger partial charge in [0.25, 0.3) is 0 Å². The predicted octanol–water partition coefficient (Wildman–Crippen LogP) is 3.75. The monoisotopic (exact) mass is 336 g/mol. The number of nitrogens with zero attached hydrogens (tertiary/aromatic N) is 2. The number of allylic oxidation sites excluding steroid dienone is 2. The largest absolute Gasteiger partial charge is 0.294 e. The number of rotatable bonds is 2. The average molecular weight is 336 g/mol. The maximum absolute atomic E-state index is 13.3. The molecule has 0 N–H and O–H groups in total. The van der Waals surface area contributed by atoms with Crippen molar-refractivity contribution in [2.75, 3.05) is 4.90 Å². The van der Waals surface area contributed by atoms with Gasteiger partial charge in [-0.05, 0) is 42.7 Å². The normalized spacial score (nSPS) is 20.7. The van der Waals surface area contributed by atoms with Crippen molar-refractivity contribution in [3.63, 3.8) is 0 Å². The molecule has 126 valence electrons. The fraction of sp³-hybridized carbons (Fsp3) is 0.250. The predicted molar refractivity (Wildman–Crippen MR) is 91.4 cm³/mol. The van der Waals surface area contributed by atoms with Crippen LogP contribution in [0, 0.1) is 5.82 Å². The van der Waals surface area contributed by atoms with E-state index in [4.69, 9.17) is 0 Å². The Morgan fingerprint density at radius 3 is 2.60 bits per heavy atom. The van der Waals surface area contributed by atoms with Gasteiger partial charge in [-0.1, -0.05) is 12.1 Å². The maximum atomic E-state index is 13.3. The Kier molecular flexibility index (Phi) is 3.92. The summed E-state index contributed by atoms with van der Waals surface area (Å²) >= 11 is 0. The third kappa shape index (κ3) is 2.76. The molecule has 25 heavy (non-hydrogen) atoms. The molecule has 1 aliphatic heterocycles. The Morgan fingerprint density at radius 2 is 1.88 bits per heavy atom. The molecule has 0 saturated heterocycles. The van der Waals surface area contributed by atoms with Crippen LogP contribution in [0.25, 0.3) is 0 Å². The van der Waals surface area contributed by atoms with Crippen molar-refractivity contribution in [3.8, 4) is 0 Å². The topological polar surface area (TPSA) is 50.3 Å². The Hall–Kier alpha value is -2.82. The van der Waals surface area contributed by atoms with Crippen molar-refractivity contribution >= 4 is 17.4 Å². The molecule has 4 nitrogen and oxygen atoms in total. The average Bonchev–Trinajstić information content (AvgIpc) is 2.62. The fourth-order valence-electron chi connectivity index (χ4n) is 3.76. The Bertz CT molecular complexity index is 859. The minimum atomic E-state index is -0.327. The molecular formula is C20H17FN2O2. The molecule has 1 atom stereocenters. The minimum Gasteiger partial charge on any atom is -0.294 e. The quantitative estimate of drug-likeness (QED) is 0.839. The van der Waals surface area contributed by atoms with Crippen molar-refractivity contribution in [1.82, 2.24) is 4.98 Å². The minimum absolute atomic E-state index is 0.0595. The molecule has 0 bridgehead atoms. The first-order chi connectivity index (χ1) is 12.1. The van der Waals surface area contributed by atoms with E-state index >= 15 is 0 Å². The van der Waals surface area contributed by atoms with Crippen LogP contribution in [-0.2, 0) is 9.59 Å². The standard InChI is InChI=1S/C20H17FN2O2/c21-14-8-6-13(7-9-14)16-11-19(25)23(15-3-2-10-22-12-15)17-4-1-5-18(24)20(16)17/h2-3,6-10,12,16H,1,4-5,11H2. The highest BCUT2D eigenvalue weighted by molar-refractivity contribution is 6.07. The first kappa shape index (κ1) is 15.7. The van der Waals surface area contributed by atoms with Gasteiger partial charge in [-0.25, -0.2) is 4.39 Å². The van der Waals surface area contributed by atoms with Gasteiger partial charge in [-0.15, -0.1) is 0 Å². The highest BCUT2D eigenvalue weighted by Crippen LogP contribution is 2.43. The van der Waals surface area contributed by atoms with Crippen LogP contribution in [0.3, 0.4) is 0 Å². The number of hydrogen-bond acceptors (Lipinski definition) is 3. The molecule has 0 spiro atoms. The van der Waals surface area contributed by atoms with Gasteiger partial charge in [-0.2, -0.15) is 0 Å². The highest BCUT2D eigenvalue weighted by Gasteiger charge is 2.39. The van der Waals surface area contributed by atoms with E-state index in [9.17, 15) is 14.0 Å². The van der Waals surface area contributed by atoms with Crippen LogP contribution >= 0.6 is 0 Å². The molecule has 0 radical (unpaired) electrons. The molecular weight excluding hydrogens is 319 g/mol. The second-order valence-electron chi connectivity index (χ2n) is 6.39.